The van der Waals surface area contributed by atoms with E-state index in [1.54, 1.807) is 31.4 Å². The molecule has 8 heteroatoms. The number of hydrogen-bond acceptors (Lipinski definition) is 7. The molecule has 7 nitrogen and oxygen atoms in total. The molecule has 3 rings (SSSR count). The second-order valence-electron chi connectivity index (χ2n) is 5.71. The van der Waals surface area contributed by atoms with Gasteiger partial charge in [-0.2, -0.15) is 0 Å². The van der Waals surface area contributed by atoms with Gasteiger partial charge in [0.25, 0.3) is 5.22 Å². The van der Waals surface area contributed by atoms with Crippen LogP contribution in [0.4, 0.5) is 5.69 Å². The van der Waals surface area contributed by atoms with Crippen molar-refractivity contribution in [1.82, 2.24) is 10.2 Å². The molecule has 0 aliphatic heterocycles. The minimum absolute atomic E-state index is 0.0797. The first-order chi connectivity index (χ1) is 13.7. The molecule has 1 heterocycles. The van der Waals surface area contributed by atoms with E-state index in [1.165, 1.54) is 11.8 Å². The number of hydrogen-bond donors (Lipinski definition) is 1. The van der Waals surface area contributed by atoms with Crippen molar-refractivity contribution in [3.63, 3.8) is 0 Å². The summed E-state index contributed by atoms with van der Waals surface area (Å²) in [4.78, 5) is 12.0. The zero-order valence-corrected chi connectivity index (χ0v) is 16.5. The quantitative estimate of drug-likeness (QED) is 0.538. The van der Waals surface area contributed by atoms with E-state index in [0.717, 1.165) is 22.7 Å². The molecule has 1 N–H and O–H groups in total. The van der Waals surface area contributed by atoms with Gasteiger partial charge < -0.3 is 19.2 Å². The van der Waals surface area contributed by atoms with Gasteiger partial charge in [0.1, 0.15) is 11.5 Å². The van der Waals surface area contributed by atoms with Crippen LogP contribution >= 0.6 is 11.8 Å². The molecule has 0 saturated carbocycles. The average Bonchev–Trinajstić information content (AvgIpc) is 3.18. The standard InChI is InChI=1S/C20H21N3O4S/c1-3-26-17-8-4-14(5-9-17)19-22-23-20(27-19)28-13-12-18(24)21-15-6-10-16(25-2)11-7-15/h4-11H,3,12-13H2,1-2H3,(H,21,24). The van der Waals surface area contributed by atoms with Crippen LogP contribution in [0.2, 0.25) is 0 Å². The molecule has 0 saturated heterocycles. The number of methoxy groups -OCH3 is 1. The van der Waals surface area contributed by atoms with Gasteiger partial charge in [-0.3, -0.25) is 4.79 Å². The highest BCUT2D eigenvalue weighted by Crippen LogP contribution is 2.25. The van der Waals surface area contributed by atoms with Gasteiger partial charge in [0.05, 0.1) is 13.7 Å². The monoisotopic (exact) mass is 399 g/mol. The lowest BCUT2D eigenvalue weighted by molar-refractivity contribution is -0.115. The zero-order valence-electron chi connectivity index (χ0n) is 15.7. The fourth-order valence-electron chi connectivity index (χ4n) is 2.37. The molecule has 1 aromatic heterocycles. The number of anilines is 1. The number of amides is 1. The van der Waals surface area contributed by atoms with Gasteiger partial charge in [-0.05, 0) is 55.5 Å². The molecule has 0 bridgehead atoms. The van der Waals surface area contributed by atoms with Gasteiger partial charge in [-0.1, -0.05) is 11.8 Å². The molecule has 1 amide bonds. The van der Waals surface area contributed by atoms with Crippen LogP contribution in [-0.4, -0.2) is 35.6 Å². The van der Waals surface area contributed by atoms with Crippen LogP contribution in [0.1, 0.15) is 13.3 Å². The van der Waals surface area contributed by atoms with Crippen LogP contribution in [0.3, 0.4) is 0 Å². The number of thioether (sulfide) groups is 1. The van der Waals surface area contributed by atoms with E-state index in [9.17, 15) is 4.79 Å². The molecule has 0 aliphatic rings. The molecule has 146 valence electrons. The molecule has 0 atom stereocenters. The first kappa shape index (κ1) is 19.8. The summed E-state index contributed by atoms with van der Waals surface area (Å²) in [6.45, 7) is 2.55. The van der Waals surface area contributed by atoms with Crippen LogP contribution in [0.25, 0.3) is 11.5 Å². The van der Waals surface area contributed by atoms with E-state index >= 15 is 0 Å². The molecule has 0 spiro atoms. The van der Waals surface area contributed by atoms with Crippen LogP contribution in [-0.2, 0) is 4.79 Å². The van der Waals surface area contributed by atoms with Crippen LogP contribution in [0.15, 0.2) is 58.2 Å². The van der Waals surface area contributed by atoms with Crippen molar-refractivity contribution < 1.29 is 18.7 Å². The number of carbonyl (C=O) groups is 1. The predicted molar refractivity (Wildman–Crippen MR) is 108 cm³/mol. The number of benzene rings is 2. The minimum atomic E-state index is -0.0797. The van der Waals surface area contributed by atoms with Crippen LogP contribution < -0.4 is 14.8 Å². The van der Waals surface area contributed by atoms with E-state index in [4.69, 9.17) is 13.9 Å². The lowest BCUT2D eigenvalue weighted by atomic mass is 10.2. The highest BCUT2D eigenvalue weighted by Gasteiger charge is 2.10. The second-order valence-corrected chi connectivity index (χ2v) is 6.75. The summed E-state index contributed by atoms with van der Waals surface area (Å²) in [7, 11) is 1.60. The highest BCUT2D eigenvalue weighted by molar-refractivity contribution is 7.99. The Kier molecular flexibility index (Phi) is 6.91. The maximum Gasteiger partial charge on any atom is 0.276 e. The van der Waals surface area contributed by atoms with Gasteiger partial charge in [0.15, 0.2) is 0 Å². The third kappa shape index (κ3) is 5.50. The Hall–Kier alpha value is -3.00. The van der Waals surface area contributed by atoms with Gasteiger partial charge in [-0.25, -0.2) is 0 Å². The van der Waals surface area contributed by atoms with Gasteiger partial charge in [-0.15, -0.1) is 10.2 Å². The Morgan fingerprint density at radius 1 is 1.07 bits per heavy atom. The van der Waals surface area contributed by atoms with Crippen molar-refractivity contribution in [1.29, 1.82) is 0 Å². The van der Waals surface area contributed by atoms with Gasteiger partial charge in [0, 0.05) is 23.4 Å². The summed E-state index contributed by atoms with van der Waals surface area (Å²) in [5.41, 5.74) is 1.55. The summed E-state index contributed by atoms with van der Waals surface area (Å²) in [6.07, 6.45) is 0.331. The fourth-order valence-corrected chi connectivity index (χ4v) is 3.07. The number of carbonyl (C=O) groups excluding carboxylic acids is 1. The lowest BCUT2D eigenvalue weighted by Gasteiger charge is -2.05. The fraction of sp³-hybridized carbons (Fsp3) is 0.250. The smallest absolute Gasteiger partial charge is 0.276 e. The van der Waals surface area contributed by atoms with E-state index in [1.807, 2.05) is 31.2 Å². The van der Waals surface area contributed by atoms with Crippen molar-refractivity contribution in [2.45, 2.75) is 18.6 Å². The number of nitrogens with zero attached hydrogens (tertiary/aromatic N) is 2. The van der Waals surface area contributed by atoms with Gasteiger partial charge in [0.2, 0.25) is 11.8 Å². The topological polar surface area (TPSA) is 86.5 Å². The maximum absolute atomic E-state index is 12.0. The molecule has 28 heavy (non-hydrogen) atoms. The van der Waals surface area contributed by atoms with Crippen molar-refractivity contribution in [3.8, 4) is 23.0 Å². The summed E-state index contributed by atoms with van der Waals surface area (Å²) >= 11 is 1.35. The molecule has 2 aromatic carbocycles. The van der Waals surface area contributed by atoms with Crippen LogP contribution in [0, 0.1) is 0 Å². The zero-order chi connectivity index (χ0) is 19.8. The molecule has 0 unspecified atom stereocenters. The first-order valence-electron chi connectivity index (χ1n) is 8.81. The maximum atomic E-state index is 12.0. The lowest BCUT2D eigenvalue weighted by Crippen LogP contribution is -2.12. The third-order valence-corrected chi connectivity index (χ3v) is 4.57. The predicted octanol–water partition coefficient (Wildman–Crippen LogP) is 4.26. The number of rotatable bonds is 9. The normalized spacial score (nSPS) is 10.5. The minimum Gasteiger partial charge on any atom is -0.497 e. The molecular formula is C20H21N3O4S. The Morgan fingerprint density at radius 3 is 2.46 bits per heavy atom. The molecule has 3 aromatic rings. The van der Waals surface area contributed by atoms with Crippen molar-refractivity contribution in [2.24, 2.45) is 0 Å². The van der Waals surface area contributed by atoms with E-state index < -0.39 is 0 Å². The Labute approximate surface area is 167 Å². The van der Waals surface area contributed by atoms with Crippen LogP contribution in [0.5, 0.6) is 11.5 Å². The Balaban J connectivity index is 1.46. The number of ether oxygens (including phenoxy) is 2. The molecular weight excluding hydrogens is 378 g/mol. The van der Waals surface area contributed by atoms with Gasteiger partial charge >= 0.3 is 0 Å². The first-order valence-corrected chi connectivity index (χ1v) is 9.80. The molecule has 0 radical (unpaired) electrons. The number of aromatic nitrogens is 2. The van der Waals surface area contributed by atoms with E-state index in [0.29, 0.717) is 29.9 Å². The second kappa shape index (κ2) is 9.80. The largest absolute Gasteiger partial charge is 0.497 e. The summed E-state index contributed by atoms with van der Waals surface area (Å²) in [5.74, 6) is 2.43. The Morgan fingerprint density at radius 2 is 1.79 bits per heavy atom. The molecule has 0 aliphatic carbocycles. The summed E-state index contributed by atoms with van der Waals surface area (Å²) in [6, 6.07) is 14.6. The number of nitrogens with one attached hydrogen (secondary N) is 1. The Bertz CT molecular complexity index is 895. The summed E-state index contributed by atoms with van der Waals surface area (Å²) < 4.78 is 16.2. The molecule has 0 fully saturated rings. The third-order valence-electron chi connectivity index (χ3n) is 3.75. The van der Waals surface area contributed by atoms with Crippen molar-refractivity contribution >= 4 is 23.4 Å². The SMILES string of the molecule is CCOc1ccc(-c2nnc(SCCC(=O)Nc3ccc(OC)cc3)o2)cc1. The average molecular weight is 399 g/mol. The highest BCUT2D eigenvalue weighted by atomic mass is 32.2. The van der Waals surface area contributed by atoms with Crippen molar-refractivity contribution in [2.75, 3.05) is 24.8 Å². The summed E-state index contributed by atoms with van der Waals surface area (Å²) in [5, 5.41) is 11.3. The van der Waals surface area contributed by atoms with Crippen molar-refractivity contribution in [3.05, 3.63) is 48.5 Å². The van der Waals surface area contributed by atoms with E-state index in [2.05, 4.69) is 15.5 Å². The van der Waals surface area contributed by atoms with E-state index in [-0.39, 0.29) is 5.91 Å².